The van der Waals surface area contributed by atoms with E-state index in [0.29, 0.717) is 16.3 Å². The van der Waals surface area contributed by atoms with E-state index in [2.05, 4.69) is 10.6 Å². The van der Waals surface area contributed by atoms with Gasteiger partial charge in [0.1, 0.15) is 0 Å². The lowest BCUT2D eigenvalue weighted by atomic mass is 10.1. The molecule has 0 aliphatic carbocycles. The highest BCUT2D eigenvalue weighted by molar-refractivity contribution is 6.31. The molecule has 0 unspecified atom stereocenters. The first-order valence-electron chi connectivity index (χ1n) is 8.18. The topological polar surface area (TPSA) is 81.8 Å². The van der Waals surface area contributed by atoms with Gasteiger partial charge in [0.05, 0.1) is 18.7 Å². The quantitative estimate of drug-likeness (QED) is 0.792. The van der Waals surface area contributed by atoms with Gasteiger partial charge in [0.25, 0.3) is 5.91 Å². The molecule has 3 amide bonds. The first kappa shape index (κ1) is 19.1. The van der Waals surface area contributed by atoms with E-state index in [1.807, 2.05) is 0 Å². The van der Waals surface area contributed by atoms with Crippen molar-refractivity contribution in [1.82, 2.24) is 15.1 Å². The van der Waals surface area contributed by atoms with Crippen LogP contribution in [0.2, 0.25) is 5.02 Å². The zero-order valence-electron chi connectivity index (χ0n) is 14.5. The van der Waals surface area contributed by atoms with Gasteiger partial charge in [-0.05, 0) is 31.0 Å². The first-order chi connectivity index (χ1) is 11.9. The third kappa shape index (κ3) is 5.35. The average molecular weight is 367 g/mol. The molecule has 0 saturated carbocycles. The van der Waals surface area contributed by atoms with E-state index in [1.54, 1.807) is 37.2 Å². The number of hydrogen-bond acceptors (Lipinski definition) is 4. The van der Waals surface area contributed by atoms with Crippen LogP contribution >= 0.6 is 11.6 Å². The number of likely N-dealkylation sites (tertiary alicyclic amines) is 1. The highest BCUT2D eigenvalue weighted by atomic mass is 35.5. The monoisotopic (exact) mass is 366 g/mol. The van der Waals surface area contributed by atoms with Gasteiger partial charge in [0, 0.05) is 37.9 Å². The Morgan fingerprint density at radius 3 is 2.48 bits per heavy atom. The van der Waals surface area contributed by atoms with Crippen LogP contribution in [0.3, 0.4) is 0 Å². The van der Waals surface area contributed by atoms with Gasteiger partial charge in [-0.15, -0.1) is 0 Å². The molecular formula is C17H23ClN4O3. The summed E-state index contributed by atoms with van der Waals surface area (Å²) in [5.41, 5.74) is 0.905. The number of carbonyl (C=O) groups excluding carboxylic acids is 3. The van der Waals surface area contributed by atoms with Crippen LogP contribution in [-0.4, -0.2) is 67.8 Å². The second kappa shape index (κ2) is 8.71. The maximum Gasteiger partial charge on any atom is 0.255 e. The van der Waals surface area contributed by atoms with E-state index in [1.165, 1.54) is 4.90 Å². The lowest BCUT2D eigenvalue weighted by Gasteiger charge is -2.17. The van der Waals surface area contributed by atoms with Crippen LogP contribution in [0.4, 0.5) is 5.69 Å². The van der Waals surface area contributed by atoms with Gasteiger partial charge in [0.2, 0.25) is 11.8 Å². The SMILES string of the molecule is CN(C)C(=O)c1ccc(Cl)cc1NCC(=O)NCC(=O)N1CCCC1. The number of amides is 3. The summed E-state index contributed by atoms with van der Waals surface area (Å²) in [5, 5.41) is 5.97. The number of halogens is 1. The summed E-state index contributed by atoms with van der Waals surface area (Å²) in [6.07, 6.45) is 2.03. The third-order valence-electron chi connectivity index (χ3n) is 3.95. The fourth-order valence-electron chi connectivity index (χ4n) is 2.58. The number of anilines is 1. The van der Waals surface area contributed by atoms with Crippen LogP contribution in [0.1, 0.15) is 23.2 Å². The van der Waals surface area contributed by atoms with Crippen LogP contribution in [0.15, 0.2) is 18.2 Å². The summed E-state index contributed by atoms with van der Waals surface area (Å²) in [5.74, 6) is -0.586. The Balaban J connectivity index is 1.89. The fraction of sp³-hybridized carbons (Fsp3) is 0.471. The van der Waals surface area contributed by atoms with Gasteiger partial charge in [-0.1, -0.05) is 11.6 Å². The predicted octanol–water partition coefficient (Wildman–Crippen LogP) is 1.19. The Bertz CT molecular complexity index is 657. The Labute approximate surface area is 152 Å². The molecular weight excluding hydrogens is 344 g/mol. The van der Waals surface area contributed by atoms with Gasteiger partial charge in [-0.25, -0.2) is 0 Å². The predicted molar refractivity (Wildman–Crippen MR) is 96.8 cm³/mol. The highest BCUT2D eigenvalue weighted by Gasteiger charge is 2.18. The van der Waals surface area contributed by atoms with Crippen molar-refractivity contribution in [1.29, 1.82) is 0 Å². The first-order valence-corrected chi connectivity index (χ1v) is 8.56. The fourth-order valence-corrected chi connectivity index (χ4v) is 2.75. The standard InChI is InChI=1S/C17H23ClN4O3/c1-21(2)17(25)13-6-5-12(18)9-14(13)19-10-15(23)20-11-16(24)22-7-3-4-8-22/h5-6,9,19H,3-4,7-8,10-11H2,1-2H3,(H,20,23). The molecule has 1 aliphatic heterocycles. The van der Waals surface area contributed by atoms with Crippen LogP contribution in [-0.2, 0) is 9.59 Å². The van der Waals surface area contributed by atoms with E-state index in [-0.39, 0.29) is 30.8 Å². The molecule has 0 aromatic heterocycles. The van der Waals surface area contributed by atoms with Crippen molar-refractivity contribution in [2.45, 2.75) is 12.8 Å². The van der Waals surface area contributed by atoms with E-state index in [9.17, 15) is 14.4 Å². The molecule has 0 atom stereocenters. The van der Waals surface area contributed by atoms with E-state index < -0.39 is 0 Å². The molecule has 1 fully saturated rings. The van der Waals surface area contributed by atoms with Crippen molar-refractivity contribution < 1.29 is 14.4 Å². The molecule has 7 nitrogen and oxygen atoms in total. The number of carbonyl (C=O) groups is 3. The number of rotatable bonds is 6. The van der Waals surface area contributed by atoms with Crippen LogP contribution in [0.5, 0.6) is 0 Å². The lowest BCUT2D eigenvalue weighted by Crippen LogP contribution is -2.40. The Morgan fingerprint density at radius 1 is 1.16 bits per heavy atom. The maximum atomic E-state index is 12.2. The van der Waals surface area contributed by atoms with Crippen LogP contribution < -0.4 is 10.6 Å². The molecule has 25 heavy (non-hydrogen) atoms. The minimum atomic E-state index is -0.323. The molecule has 1 heterocycles. The largest absolute Gasteiger partial charge is 0.375 e. The maximum absolute atomic E-state index is 12.2. The molecule has 1 aromatic carbocycles. The molecule has 2 N–H and O–H groups in total. The van der Waals surface area contributed by atoms with Crippen LogP contribution in [0.25, 0.3) is 0 Å². The lowest BCUT2D eigenvalue weighted by molar-refractivity contribution is -0.131. The summed E-state index contributed by atoms with van der Waals surface area (Å²) >= 11 is 5.98. The van der Waals surface area contributed by atoms with Gasteiger partial charge in [-0.3, -0.25) is 14.4 Å². The molecule has 1 aromatic rings. The summed E-state index contributed by atoms with van der Waals surface area (Å²) in [4.78, 5) is 39.2. The van der Waals surface area contributed by atoms with Gasteiger partial charge in [-0.2, -0.15) is 0 Å². The minimum absolute atomic E-state index is 0.0143. The van der Waals surface area contributed by atoms with E-state index in [4.69, 9.17) is 11.6 Å². The van der Waals surface area contributed by atoms with Crippen molar-refractivity contribution >= 4 is 35.0 Å². The minimum Gasteiger partial charge on any atom is -0.375 e. The normalized spacial score (nSPS) is 13.5. The zero-order valence-corrected chi connectivity index (χ0v) is 15.2. The summed E-state index contributed by atoms with van der Waals surface area (Å²) < 4.78 is 0. The summed E-state index contributed by atoms with van der Waals surface area (Å²) in [6, 6.07) is 4.83. The van der Waals surface area contributed by atoms with Crippen molar-refractivity contribution in [2.75, 3.05) is 45.6 Å². The van der Waals surface area contributed by atoms with Crippen LogP contribution in [0, 0.1) is 0 Å². The summed E-state index contributed by atoms with van der Waals surface area (Å²) in [6.45, 7) is 1.44. The van der Waals surface area contributed by atoms with Gasteiger partial charge in [0.15, 0.2) is 0 Å². The number of hydrogen-bond donors (Lipinski definition) is 2. The molecule has 2 rings (SSSR count). The Morgan fingerprint density at radius 2 is 1.84 bits per heavy atom. The van der Waals surface area contributed by atoms with Crippen molar-refractivity contribution in [3.63, 3.8) is 0 Å². The smallest absolute Gasteiger partial charge is 0.255 e. The Hall–Kier alpha value is -2.28. The zero-order chi connectivity index (χ0) is 18.4. The molecule has 1 aliphatic rings. The molecule has 0 radical (unpaired) electrons. The molecule has 1 saturated heterocycles. The average Bonchev–Trinajstić information content (AvgIpc) is 3.12. The van der Waals surface area contributed by atoms with Crippen molar-refractivity contribution in [3.05, 3.63) is 28.8 Å². The number of nitrogens with zero attached hydrogens (tertiary/aromatic N) is 2. The second-order valence-electron chi connectivity index (χ2n) is 6.11. The van der Waals surface area contributed by atoms with E-state index in [0.717, 1.165) is 25.9 Å². The molecule has 0 bridgehead atoms. The van der Waals surface area contributed by atoms with Gasteiger partial charge < -0.3 is 20.4 Å². The highest BCUT2D eigenvalue weighted by Crippen LogP contribution is 2.22. The second-order valence-corrected chi connectivity index (χ2v) is 6.54. The molecule has 8 heteroatoms. The summed E-state index contributed by atoms with van der Waals surface area (Å²) in [7, 11) is 3.30. The number of benzene rings is 1. The molecule has 136 valence electrons. The van der Waals surface area contributed by atoms with E-state index >= 15 is 0 Å². The number of nitrogens with one attached hydrogen (secondary N) is 2. The Kier molecular flexibility index (Phi) is 6.64. The van der Waals surface area contributed by atoms with Crippen molar-refractivity contribution in [3.8, 4) is 0 Å². The van der Waals surface area contributed by atoms with Crippen molar-refractivity contribution in [2.24, 2.45) is 0 Å². The molecule has 0 spiro atoms. The third-order valence-corrected chi connectivity index (χ3v) is 4.19. The van der Waals surface area contributed by atoms with Gasteiger partial charge >= 0.3 is 0 Å².